The van der Waals surface area contributed by atoms with Gasteiger partial charge in [-0.1, -0.05) is 18.2 Å². The second-order valence-corrected chi connectivity index (χ2v) is 4.60. The lowest BCUT2D eigenvalue weighted by molar-refractivity contribution is 0.813. The normalized spacial score (nSPS) is 11.1. The van der Waals surface area contributed by atoms with Crippen molar-refractivity contribution in [2.45, 2.75) is 13.3 Å². The molecular weight excluding hydrogens is 236 g/mol. The molecule has 96 valence electrons. The molecule has 3 rings (SSSR count). The number of benzene rings is 1. The summed E-state index contributed by atoms with van der Waals surface area (Å²) in [6, 6.07) is 12.2. The highest BCUT2D eigenvalue weighted by Crippen LogP contribution is 2.19. The molecule has 4 heteroatoms. The van der Waals surface area contributed by atoms with Gasteiger partial charge in [-0.25, -0.2) is 9.67 Å². The molecule has 0 saturated heterocycles. The number of hydrogen-bond donors (Lipinski definition) is 1. The van der Waals surface area contributed by atoms with Gasteiger partial charge in [0, 0.05) is 11.6 Å². The van der Waals surface area contributed by atoms with E-state index in [0.29, 0.717) is 6.54 Å². The van der Waals surface area contributed by atoms with E-state index in [1.165, 1.54) is 0 Å². The van der Waals surface area contributed by atoms with E-state index in [0.717, 1.165) is 34.4 Å². The predicted molar refractivity (Wildman–Crippen MR) is 76.4 cm³/mol. The number of aromatic nitrogens is 3. The van der Waals surface area contributed by atoms with Crippen molar-refractivity contribution in [2.75, 3.05) is 6.54 Å². The first-order valence-corrected chi connectivity index (χ1v) is 6.39. The van der Waals surface area contributed by atoms with E-state index in [9.17, 15) is 0 Å². The van der Waals surface area contributed by atoms with Gasteiger partial charge in [-0.2, -0.15) is 5.10 Å². The third kappa shape index (κ3) is 2.22. The smallest absolute Gasteiger partial charge is 0.157 e. The van der Waals surface area contributed by atoms with E-state index >= 15 is 0 Å². The van der Waals surface area contributed by atoms with Crippen molar-refractivity contribution in [3.8, 4) is 5.82 Å². The molecule has 0 amide bonds. The van der Waals surface area contributed by atoms with Gasteiger partial charge in [-0.05, 0) is 43.7 Å². The Labute approximate surface area is 111 Å². The fourth-order valence-electron chi connectivity index (χ4n) is 2.22. The van der Waals surface area contributed by atoms with Crippen molar-refractivity contribution in [3.63, 3.8) is 0 Å². The Bertz CT molecular complexity index is 715. The van der Waals surface area contributed by atoms with E-state index in [1.54, 1.807) is 0 Å². The maximum Gasteiger partial charge on any atom is 0.157 e. The van der Waals surface area contributed by atoms with Crippen LogP contribution in [0.25, 0.3) is 16.7 Å². The molecule has 0 spiro atoms. The molecule has 19 heavy (non-hydrogen) atoms. The Morgan fingerprint density at radius 2 is 2.05 bits per heavy atom. The Kier molecular flexibility index (Phi) is 3.01. The fourth-order valence-corrected chi connectivity index (χ4v) is 2.22. The van der Waals surface area contributed by atoms with E-state index in [4.69, 9.17) is 10.7 Å². The maximum absolute atomic E-state index is 5.70. The number of rotatable bonds is 3. The molecule has 0 saturated carbocycles. The van der Waals surface area contributed by atoms with Crippen molar-refractivity contribution in [1.82, 2.24) is 14.8 Å². The van der Waals surface area contributed by atoms with Gasteiger partial charge in [0.05, 0.1) is 11.2 Å². The monoisotopic (exact) mass is 252 g/mol. The minimum Gasteiger partial charge on any atom is -0.330 e. The van der Waals surface area contributed by atoms with Gasteiger partial charge < -0.3 is 5.73 Å². The quantitative estimate of drug-likeness (QED) is 0.777. The number of hydrogen-bond acceptors (Lipinski definition) is 3. The molecule has 0 aliphatic rings. The number of aryl methyl sites for hydroxylation is 1. The van der Waals surface area contributed by atoms with Crippen LogP contribution in [0.5, 0.6) is 0 Å². The number of para-hydroxylation sites is 1. The third-order valence-corrected chi connectivity index (χ3v) is 3.13. The highest BCUT2D eigenvalue weighted by Gasteiger charge is 2.09. The summed E-state index contributed by atoms with van der Waals surface area (Å²) in [5, 5.41) is 5.58. The van der Waals surface area contributed by atoms with Crippen LogP contribution in [-0.4, -0.2) is 21.3 Å². The molecule has 2 N–H and O–H groups in total. The van der Waals surface area contributed by atoms with Crippen LogP contribution in [0.2, 0.25) is 0 Å². The standard InChI is InChI=1S/C15H16N4/c1-11-7-9-19(18-11)15-13(6-8-16)10-12-4-2-3-5-14(12)17-15/h2-5,7,9-10H,6,8,16H2,1H3. The van der Waals surface area contributed by atoms with E-state index < -0.39 is 0 Å². The average molecular weight is 252 g/mol. The van der Waals surface area contributed by atoms with Crippen LogP contribution >= 0.6 is 0 Å². The summed E-state index contributed by atoms with van der Waals surface area (Å²) in [6.07, 6.45) is 2.73. The lowest BCUT2D eigenvalue weighted by Gasteiger charge is -2.10. The molecule has 0 unspecified atom stereocenters. The van der Waals surface area contributed by atoms with Gasteiger partial charge in [0.2, 0.25) is 0 Å². The van der Waals surface area contributed by atoms with Gasteiger partial charge in [-0.15, -0.1) is 0 Å². The Hall–Kier alpha value is -2.20. The summed E-state index contributed by atoms with van der Waals surface area (Å²) in [5.41, 5.74) is 8.79. The van der Waals surface area contributed by atoms with Crippen LogP contribution in [0.3, 0.4) is 0 Å². The SMILES string of the molecule is Cc1ccn(-c2nc3ccccc3cc2CCN)n1. The number of nitrogens with two attached hydrogens (primary N) is 1. The molecule has 0 atom stereocenters. The zero-order valence-corrected chi connectivity index (χ0v) is 10.9. The predicted octanol–water partition coefficient (Wildman–Crippen LogP) is 2.23. The van der Waals surface area contributed by atoms with Gasteiger partial charge in [0.15, 0.2) is 5.82 Å². The van der Waals surface area contributed by atoms with Crippen molar-refractivity contribution in [2.24, 2.45) is 5.73 Å². The van der Waals surface area contributed by atoms with Crippen LogP contribution in [0.1, 0.15) is 11.3 Å². The minimum atomic E-state index is 0.604. The van der Waals surface area contributed by atoms with Gasteiger partial charge in [0.1, 0.15) is 0 Å². The van der Waals surface area contributed by atoms with E-state index in [2.05, 4.69) is 17.2 Å². The molecule has 0 fully saturated rings. The molecule has 0 radical (unpaired) electrons. The summed E-state index contributed by atoms with van der Waals surface area (Å²) in [4.78, 5) is 4.72. The van der Waals surface area contributed by atoms with Crippen molar-refractivity contribution >= 4 is 10.9 Å². The van der Waals surface area contributed by atoms with Crippen LogP contribution < -0.4 is 5.73 Å². The Morgan fingerprint density at radius 3 is 2.79 bits per heavy atom. The highest BCUT2D eigenvalue weighted by atomic mass is 15.3. The number of pyridine rings is 1. The third-order valence-electron chi connectivity index (χ3n) is 3.13. The molecule has 2 aromatic heterocycles. The zero-order chi connectivity index (χ0) is 13.2. The molecule has 1 aromatic carbocycles. The molecule has 0 aliphatic heterocycles. The first-order valence-electron chi connectivity index (χ1n) is 6.39. The van der Waals surface area contributed by atoms with Crippen molar-refractivity contribution in [3.05, 3.63) is 53.9 Å². The summed E-state index contributed by atoms with van der Waals surface area (Å²) >= 11 is 0. The number of nitrogens with zero attached hydrogens (tertiary/aromatic N) is 3. The van der Waals surface area contributed by atoms with Gasteiger partial charge in [-0.3, -0.25) is 0 Å². The van der Waals surface area contributed by atoms with Crippen molar-refractivity contribution < 1.29 is 0 Å². The summed E-state index contributed by atoms with van der Waals surface area (Å²) in [6.45, 7) is 2.58. The Balaban J connectivity index is 2.22. The summed E-state index contributed by atoms with van der Waals surface area (Å²) in [7, 11) is 0. The number of fused-ring (bicyclic) bond motifs is 1. The van der Waals surface area contributed by atoms with Crippen molar-refractivity contribution in [1.29, 1.82) is 0 Å². The highest BCUT2D eigenvalue weighted by molar-refractivity contribution is 5.80. The van der Waals surface area contributed by atoms with Gasteiger partial charge in [0.25, 0.3) is 0 Å². The first kappa shape index (κ1) is 11.9. The molecule has 4 nitrogen and oxygen atoms in total. The van der Waals surface area contributed by atoms with Gasteiger partial charge >= 0.3 is 0 Å². The van der Waals surface area contributed by atoms with Crippen LogP contribution in [0.15, 0.2) is 42.6 Å². The topological polar surface area (TPSA) is 56.7 Å². The average Bonchev–Trinajstić information content (AvgIpc) is 2.85. The second-order valence-electron chi connectivity index (χ2n) is 4.60. The molecule has 2 heterocycles. The minimum absolute atomic E-state index is 0.604. The molecule has 0 aliphatic carbocycles. The summed E-state index contributed by atoms with van der Waals surface area (Å²) in [5.74, 6) is 0.872. The molecular formula is C15H16N4. The fraction of sp³-hybridized carbons (Fsp3) is 0.200. The molecule has 3 aromatic rings. The van der Waals surface area contributed by atoms with Crippen LogP contribution in [0, 0.1) is 6.92 Å². The first-order chi connectivity index (χ1) is 9.28. The van der Waals surface area contributed by atoms with E-state index in [-0.39, 0.29) is 0 Å². The molecule has 0 bridgehead atoms. The largest absolute Gasteiger partial charge is 0.330 e. The summed E-state index contributed by atoms with van der Waals surface area (Å²) < 4.78 is 1.83. The lowest BCUT2D eigenvalue weighted by Crippen LogP contribution is -2.09. The van der Waals surface area contributed by atoms with Crippen LogP contribution in [0.4, 0.5) is 0 Å². The zero-order valence-electron chi connectivity index (χ0n) is 10.9. The lowest BCUT2D eigenvalue weighted by atomic mass is 10.1. The maximum atomic E-state index is 5.70. The van der Waals surface area contributed by atoms with Crippen LogP contribution in [-0.2, 0) is 6.42 Å². The second kappa shape index (κ2) is 4.82. The Morgan fingerprint density at radius 1 is 1.21 bits per heavy atom. The van der Waals surface area contributed by atoms with E-state index in [1.807, 2.05) is 42.1 Å².